The summed E-state index contributed by atoms with van der Waals surface area (Å²) in [6.45, 7) is 5.00. The molecule has 2 bridgehead atoms. The fourth-order valence-corrected chi connectivity index (χ4v) is 4.81. The van der Waals surface area contributed by atoms with Crippen molar-refractivity contribution in [3.8, 4) is 0 Å². The van der Waals surface area contributed by atoms with Gasteiger partial charge in [-0.2, -0.15) is 0 Å². The Bertz CT molecular complexity index is 565. The maximum Gasteiger partial charge on any atom is 0.235 e. The first kappa shape index (κ1) is 19.6. The summed E-state index contributed by atoms with van der Waals surface area (Å²) in [5, 5.41) is 6.31. The van der Waals surface area contributed by atoms with Gasteiger partial charge in [0.15, 0.2) is 0 Å². The summed E-state index contributed by atoms with van der Waals surface area (Å²) >= 11 is 0. The number of nitrogens with one attached hydrogen (secondary N) is 2. The smallest absolute Gasteiger partial charge is 0.235 e. The number of piperidine rings is 1. The highest BCUT2D eigenvalue weighted by molar-refractivity contribution is 6.06. The van der Waals surface area contributed by atoms with Gasteiger partial charge in [-0.25, -0.2) is 0 Å². The Morgan fingerprint density at radius 3 is 2.35 bits per heavy atom. The molecular weight excluding hydrogens is 358 g/mol. The van der Waals surface area contributed by atoms with Crippen LogP contribution in [0.4, 0.5) is 0 Å². The zero-order chi connectivity index (χ0) is 17.6. The molecule has 4 saturated heterocycles. The molecule has 0 aromatic carbocycles. The number of carbonyl (C=O) groups is 3. The third kappa shape index (κ3) is 3.37. The molecule has 4 fully saturated rings. The molecule has 0 aromatic rings. The van der Waals surface area contributed by atoms with Crippen molar-refractivity contribution in [2.75, 3.05) is 26.2 Å². The van der Waals surface area contributed by atoms with Gasteiger partial charge < -0.3 is 15.4 Å². The van der Waals surface area contributed by atoms with Gasteiger partial charge in [-0.1, -0.05) is 6.92 Å². The lowest BCUT2D eigenvalue weighted by atomic mass is 9.81. The van der Waals surface area contributed by atoms with Crippen LogP contribution in [0.25, 0.3) is 0 Å². The van der Waals surface area contributed by atoms with Gasteiger partial charge in [0.1, 0.15) is 0 Å². The molecule has 4 atom stereocenters. The van der Waals surface area contributed by atoms with Crippen molar-refractivity contribution in [3.05, 3.63) is 0 Å². The summed E-state index contributed by atoms with van der Waals surface area (Å²) in [7, 11) is 0. The lowest BCUT2D eigenvalue weighted by molar-refractivity contribution is -0.142. The van der Waals surface area contributed by atoms with Crippen molar-refractivity contribution < 1.29 is 19.1 Å². The topological polar surface area (TPSA) is 87.7 Å². The largest absolute Gasteiger partial charge is 0.373 e. The first-order chi connectivity index (χ1) is 12.0. The van der Waals surface area contributed by atoms with E-state index in [0.717, 1.165) is 38.8 Å². The van der Waals surface area contributed by atoms with E-state index in [4.69, 9.17) is 4.74 Å². The van der Waals surface area contributed by atoms with Crippen LogP contribution in [0.3, 0.4) is 0 Å². The average molecular weight is 386 g/mol. The molecule has 7 nitrogen and oxygen atoms in total. The average Bonchev–Trinajstić information content (AvgIpc) is 3.27. The number of hydrogen-bond acceptors (Lipinski definition) is 5. The Morgan fingerprint density at radius 2 is 1.77 bits per heavy atom. The number of rotatable bonds is 5. The molecule has 0 aromatic heterocycles. The number of ether oxygens (including phenoxy) is 1. The van der Waals surface area contributed by atoms with Crippen molar-refractivity contribution in [1.82, 2.24) is 15.5 Å². The van der Waals surface area contributed by atoms with Crippen LogP contribution in [-0.2, 0) is 19.1 Å². The van der Waals surface area contributed by atoms with Crippen LogP contribution in [0, 0.1) is 17.3 Å². The minimum Gasteiger partial charge on any atom is -0.373 e. The fourth-order valence-electron chi connectivity index (χ4n) is 4.81. The zero-order valence-corrected chi connectivity index (χ0v) is 16.0. The van der Waals surface area contributed by atoms with E-state index in [0.29, 0.717) is 6.54 Å². The Morgan fingerprint density at radius 1 is 1.19 bits per heavy atom. The first-order valence-corrected chi connectivity index (χ1v) is 9.47. The minimum atomic E-state index is -0.303. The molecule has 0 aliphatic carbocycles. The van der Waals surface area contributed by atoms with Crippen LogP contribution in [0.1, 0.15) is 39.0 Å². The first-order valence-electron chi connectivity index (χ1n) is 9.47. The molecular formula is C18H28ClN3O4. The van der Waals surface area contributed by atoms with Gasteiger partial charge in [0.25, 0.3) is 0 Å². The highest BCUT2D eigenvalue weighted by atomic mass is 35.5. The van der Waals surface area contributed by atoms with Crippen LogP contribution in [0.5, 0.6) is 0 Å². The van der Waals surface area contributed by atoms with Crippen LogP contribution in [0.2, 0.25) is 0 Å². The number of hydrogen-bond donors (Lipinski definition) is 2. The number of carbonyl (C=O) groups excluding carboxylic acids is 3. The summed E-state index contributed by atoms with van der Waals surface area (Å²) in [5.74, 6) is -0.969. The molecule has 0 saturated carbocycles. The maximum atomic E-state index is 12.5. The van der Waals surface area contributed by atoms with Gasteiger partial charge in [-0.3, -0.25) is 19.3 Å². The molecule has 4 rings (SSSR count). The molecule has 4 aliphatic heterocycles. The number of amides is 3. The monoisotopic (exact) mass is 385 g/mol. The van der Waals surface area contributed by atoms with Crippen LogP contribution in [0.15, 0.2) is 0 Å². The molecule has 4 unspecified atom stereocenters. The van der Waals surface area contributed by atoms with E-state index in [-0.39, 0.29) is 72.6 Å². The molecule has 0 spiro atoms. The van der Waals surface area contributed by atoms with E-state index < -0.39 is 0 Å². The molecule has 146 valence electrons. The second-order valence-electron chi connectivity index (χ2n) is 8.26. The molecule has 4 aliphatic rings. The van der Waals surface area contributed by atoms with E-state index >= 15 is 0 Å². The Kier molecular flexibility index (Phi) is 5.61. The van der Waals surface area contributed by atoms with Gasteiger partial charge in [-0.15, -0.1) is 12.4 Å². The summed E-state index contributed by atoms with van der Waals surface area (Å²) in [6, 6.07) is 0. The molecule has 0 radical (unpaired) electrons. The quantitative estimate of drug-likeness (QED) is 0.671. The van der Waals surface area contributed by atoms with E-state index in [1.54, 1.807) is 0 Å². The minimum absolute atomic E-state index is 0. The predicted molar refractivity (Wildman–Crippen MR) is 96.7 cm³/mol. The third-order valence-corrected chi connectivity index (χ3v) is 6.46. The predicted octanol–water partition coefficient (Wildman–Crippen LogP) is 0.467. The lowest BCUT2D eigenvalue weighted by Gasteiger charge is -2.34. The fraction of sp³-hybridized carbons (Fsp3) is 0.833. The van der Waals surface area contributed by atoms with Crippen molar-refractivity contribution in [3.63, 3.8) is 0 Å². The number of likely N-dealkylation sites (tertiary alicyclic amines) is 1. The molecule has 4 heterocycles. The number of halogens is 1. The van der Waals surface area contributed by atoms with E-state index in [2.05, 4.69) is 17.6 Å². The van der Waals surface area contributed by atoms with Gasteiger partial charge >= 0.3 is 0 Å². The van der Waals surface area contributed by atoms with Crippen molar-refractivity contribution in [2.24, 2.45) is 17.3 Å². The normalized spacial score (nSPS) is 34.6. The molecule has 2 N–H and O–H groups in total. The summed E-state index contributed by atoms with van der Waals surface area (Å²) in [6.07, 6.45) is 3.82. The second-order valence-corrected chi connectivity index (χ2v) is 8.26. The van der Waals surface area contributed by atoms with Crippen molar-refractivity contribution >= 4 is 30.1 Å². The van der Waals surface area contributed by atoms with Crippen LogP contribution >= 0.6 is 12.4 Å². The summed E-state index contributed by atoms with van der Waals surface area (Å²) in [4.78, 5) is 38.6. The Labute approximate surface area is 160 Å². The van der Waals surface area contributed by atoms with Crippen molar-refractivity contribution in [2.45, 2.75) is 51.2 Å². The van der Waals surface area contributed by atoms with Crippen LogP contribution in [-0.4, -0.2) is 61.0 Å². The molecule has 8 heteroatoms. The van der Waals surface area contributed by atoms with Gasteiger partial charge in [-0.05, 0) is 44.2 Å². The van der Waals surface area contributed by atoms with E-state index in [1.165, 1.54) is 4.90 Å². The van der Waals surface area contributed by atoms with E-state index in [9.17, 15) is 14.4 Å². The Hall–Kier alpha value is -1.18. The maximum absolute atomic E-state index is 12.5. The van der Waals surface area contributed by atoms with Gasteiger partial charge in [0.05, 0.1) is 24.0 Å². The number of nitrogens with zero attached hydrogens (tertiary/aromatic N) is 1. The summed E-state index contributed by atoms with van der Waals surface area (Å²) < 4.78 is 5.72. The van der Waals surface area contributed by atoms with Crippen LogP contribution < -0.4 is 10.6 Å². The van der Waals surface area contributed by atoms with Gasteiger partial charge in [0.2, 0.25) is 17.7 Å². The highest BCUT2D eigenvalue weighted by Gasteiger charge is 2.62. The SMILES string of the molecule is CC1(CNC(=O)CCN2C(=O)C3C4CCC(O4)C3C2=O)CCNCC1.Cl. The second kappa shape index (κ2) is 7.44. The van der Waals surface area contributed by atoms with Gasteiger partial charge in [0, 0.05) is 19.5 Å². The lowest BCUT2D eigenvalue weighted by Crippen LogP contribution is -2.43. The Balaban J connectivity index is 0.00000196. The highest BCUT2D eigenvalue weighted by Crippen LogP contribution is 2.48. The number of imide groups is 1. The third-order valence-electron chi connectivity index (χ3n) is 6.46. The van der Waals surface area contributed by atoms with Crippen molar-refractivity contribution in [1.29, 1.82) is 0 Å². The molecule has 26 heavy (non-hydrogen) atoms. The molecule has 3 amide bonds. The van der Waals surface area contributed by atoms with E-state index in [1.807, 2.05) is 0 Å². The summed E-state index contributed by atoms with van der Waals surface area (Å²) in [5.41, 5.74) is 0.133. The standard InChI is InChI=1S/C18H27N3O4.ClH/c1-18(5-7-19-8-6-18)10-20-13(22)4-9-21-16(23)14-11-2-3-12(25-11)15(14)17(21)24;/h11-12,14-15,19H,2-10H2,1H3,(H,20,22);1H. The number of fused-ring (bicyclic) bond motifs is 5. The zero-order valence-electron chi connectivity index (χ0n) is 15.2.